The van der Waals surface area contributed by atoms with Gasteiger partial charge < -0.3 is 0 Å². The SMILES string of the molecule is CC(C)(C)c1cc(-c2cc3c4cc(-c5ccc6c(-c7ccccc7)cc7c8ccccc8c(-c8ccccc8)cc7c6c5)ccc4c(-c4cc(C(C)(C)C)cc5ccc(C(C)(C)C)cc45)cc3c3ccccc23)c2cc(C(C)(C)C)ccc2c1. The molecule has 0 spiro atoms. The highest BCUT2D eigenvalue weighted by Gasteiger charge is 2.26. The van der Waals surface area contributed by atoms with Gasteiger partial charge in [0.05, 0.1) is 0 Å². The second-order valence-electron chi connectivity index (χ2n) is 28.2. The maximum absolute atomic E-state index is 2.57. The van der Waals surface area contributed by atoms with Crippen molar-refractivity contribution >= 4 is 86.2 Å². The quantitative estimate of drug-likeness (QED) is 0.151. The Morgan fingerprint density at radius 3 is 0.857 bits per heavy atom. The fourth-order valence-corrected chi connectivity index (χ4v) is 13.5. The maximum atomic E-state index is 2.57. The normalized spacial score (nSPS) is 12.8. The topological polar surface area (TPSA) is 0 Å². The molecule has 0 saturated heterocycles. The molecule has 0 aliphatic rings. The van der Waals surface area contributed by atoms with Crippen LogP contribution in [0.4, 0.5) is 0 Å². The molecule has 14 aromatic rings. The van der Waals surface area contributed by atoms with Gasteiger partial charge in [0.15, 0.2) is 0 Å². The summed E-state index contributed by atoms with van der Waals surface area (Å²) in [6, 6.07) is 89.1. The molecule has 0 heteroatoms. The van der Waals surface area contributed by atoms with Gasteiger partial charge in [0.25, 0.3) is 0 Å². The Labute approximate surface area is 496 Å². The number of hydrogen-bond acceptors (Lipinski definition) is 0. The number of rotatable bonds is 5. The van der Waals surface area contributed by atoms with Crippen molar-refractivity contribution in [2.75, 3.05) is 0 Å². The van der Waals surface area contributed by atoms with Crippen molar-refractivity contribution in [3.8, 4) is 55.6 Å². The van der Waals surface area contributed by atoms with Crippen LogP contribution in [0.1, 0.15) is 105 Å². The molecule has 0 amide bonds. The molecule has 0 heterocycles. The number of benzene rings is 14. The Kier molecular flexibility index (Phi) is 12.3. The van der Waals surface area contributed by atoms with Crippen LogP contribution in [0.25, 0.3) is 142 Å². The van der Waals surface area contributed by atoms with E-state index in [9.17, 15) is 0 Å². The van der Waals surface area contributed by atoms with Gasteiger partial charge in [0.2, 0.25) is 0 Å². The molecule has 0 aliphatic carbocycles. The molecule has 0 bridgehead atoms. The molecular weight excluding hydrogens is 1010 g/mol. The minimum Gasteiger partial charge on any atom is -0.0622 e. The average molecular weight is 1080 g/mol. The van der Waals surface area contributed by atoms with Gasteiger partial charge in [-0.05, 0) is 234 Å². The summed E-state index contributed by atoms with van der Waals surface area (Å²) >= 11 is 0. The number of hydrogen-bond donors (Lipinski definition) is 0. The van der Waals surface area contributed by atoms with Crippen molar-refractivity contribution in [1.82, 2.24) is 0 Å². The molecule has 0 aromatic heterocycles. The lowest BCUT2D eigenvalue weighted by molar-refractivity contribution is 0.589. The van der Waals surface area contributed by atoms with Crippen LogP contribution >= 0.6 is 0 Å². The van der Waals surface area contributed by atoms with E-state index in [0.717, 1.165) is 0 Å². The standard InChI is InChI=1S/C84H74/c1-81(2,3)57-35-31-55-39-59(83(7,8)9)45-73(67(55)43-57)76-50-80-72-42-54(34-38-66(72)78(49-77(80)64-30-22-21-29-63(64)76)74-46-60(84(10,11)12)40-56-32-36-58(44-68(56)74)82(4,5)6)53-33-37-65-70(52-25-17-14-18-26-52)47-75-62-28-20-19-27-61(62)69(48-79(75)71(65)41-53)51-23-15-13-16-24-51/h13-50H,1-12H3. The first-order chi connectivity index (χ1) is 40.2. The Morgan fingerprint density at radius 2 is 0.464 bits per heavy atom. The van der Waals surface area contributed by atoms with Crippen LogP contribution in [-0.2, 0) is 21.7 Å². The smallest absolute Gasteiger partial charge is 0.00921 e. The van der Waals surface area contributed by atoms with Gasteiger partial charge in [-0.25, -0.2) is 0 Å². The van der Waals surface area contributed by atoms with Crippen LogP contribution in [0.2, 0.25) is 0 Å². The van der Waals surface area contributed by atoms with E-state index in [1.807, 2.05) is 0 Å². The van der Waals surface area contributed by atoms with Crippen molar-refractivity contribution < 1.29 is 0 Å². The van der Waals surface area contributed by atoms with E-state index >= 15 is 0 Å². The summed E-state index contributed by atoms with van der Waals surface area (Å²) in [6.45, 7) is 28.1. The first-order valence-electron chi connectivity index (χ1n) is 30.3. The summed E-state index contributed by atoms with van der Waals surface area (Å²) in [6.07, 6.45) is 0. The average Bonchev–Trinajstić information content (AvgIpc) is 1.72. The molecule has 0 nitrogen and oxygen atoms in total. The largest absolute Gasteiger partial charge is 0.0622 e. The Bertz CT molecular complexity index is 5000. The number of fused-ring (bicyclic) bond motifs is 12. The molecule has 0 radical (unpaired) electrons. The molecule has 0 fully saturated rings. The minimum atomic E-state index is -0.0704. The summed E-state index contributed by atoms with van der Waals surface area (Å²) in [7, 11) is 0. The molecule has 0 unspecified atom stereocenters. The van der Waals surface area contributed by atoms with E-state index in [-0.39, 0.29) is 21.7 Å². The summed E-state index contributed by atoms with van der Waals surface area (Å²) in [5.74, 6) is 0. The molecular formula is C84H74. The Hall–Kier alpha value is -8.84. The van der Waals surface area contributed by atoms with Gasteiger partial charge in [-0.1, -0.05) is 265 Å². The molecule has 0 saturated carbocycles. The van der Waals surface area contributed by atoms with Crippen LogP contribution in [-0.4, -0.2) is 0 Å². The molecule has 0 N–H and O–H groups in total. The zero-order chi connectivity index (χ0) is 58.2. The van der Waals surface area contributed by atoms with Crippen molar-refractivity contribution in [3.05, 3.63) is 253 Å². The predicted octanol–water partition coefficient (Wildman–Crippen LogP) is 24.4. The third-order valence-corrected chi connectivity index (χ3v) is 18.4. The maximum Gasteiger partial charge on any atom is -0.00921 e. The molecule has 0 aliphatic heterocycles. The van der Waals surface area contributed by atoms with Gasteiger partial charge >= 0.3 is 0 Å². The zero-order valence-corrected chi connectivity index (χ0v) is 50.9. The highest BCUT2D eigenvalue weighted by atomic mass is 14.3. The fourth-order valence-electron chi connectivity index (χ4n) is 13.5. The van der Waals surface area contributed by atoms with Crippen LogP contribution in [0.3, 0.4) is 0 Å². The van der Waals surface area contributed by atoms with Crippen LogP contribution in [0.5, 0.6) is 0 Å². The Balaban J connectivity index is 1.12. The van der Waals surface area contributed by atoms with Crippen LogP contribution in [0.15, 0.2) is 231 Å². The van der Waals surface area contributed by atoms with Crippen molar-refractivity contribution in [1.29, 1.82) is 0 Å². The highest BCUT2D eigenvalue weighted by molar-refractivity contribution is 6.27. The lowest BCUT2D eigenvalue weighted by Gasteiger charge is -2.25. The molecule has 84 heavy (non-hydrogen) atoms. The third-order valence-electron chi connectivity index (χ3n) is 18.4. The predicted molar refractivity (Wildman–Crippen MR) is 368 cm³/mol. The summed E-state index contributed by atoms with van der Waals surface area (Å²) in [5, 5.41) is 20.2. The highest BCUT2D eigenvalue weighted by Crippen LogP contribution is 2.49. The second kappa shape index (κ2) is 19.4. The van der Waals surface area contributed by atoms with Crippen molar-refractivity contribution in [2.24, 2.45) is 0 Å². The summed E-state index contributed by atoms with van der Waals surface area (Å²) in [5.41, 5.74) is 17.6. The van der Waals surface area contributed by atoms with E-state index in [2.05, 4.69) is 314 Å². The van der Waals surface area contributed by atoms with Crippen LogP contribution in [0, 0.1) is 0 Å². The molecule has 14 rings (SSSR count). The Morgan fingerprint density at radius 1 is 0.167 bits per heavy atom. The molecule has 14 aromatic carbocycles. The van der Waals surface area contributed by atoms with E-state index in [0.29, 0.717) is 0 Å². The fraction of sp³-hybridized carbons (Fsp3) is 0.190. The lowest BCUT2D eigenvalue weighted by atomic mass is 9.79. The molecule has 410 valence electrons. The summed E-state index contributed by atoms with van der Waals surface area (Å²) in [4.78, 5) is 0. The van der Waals surface area contributed by atoms with Crippen LogP contribution < -0.4 is 0 Å². The van der Waals surface area contributed by atoms with Gasteiger partial charge in [0, 0.05) is 0 Å². The van der Waals surface area contributed by atoms with E-state index in [1.54, 1.807) is 0 Å². The van der Waals surface area contributed by atoms with Crippen molar-refractivity contribution in [2.45, 2.75) is 105 Å². The lowest BCUT2D eigenvalue weighted by Crippen LogP contribution is -2.12. The van der Waals surface area contributed by atoms with E-state index in [1.165, 1.54) is 164 Å². The first-order valence-corrected chi connectivity index (χ1v) is 30.3. The second-order valence-corrected chi connectivity index (χ2v) is 28.2. The first kappa shape index (κ1) is 53.2. The van der Waals surface area contributed by atoms with Gasteiger partial charge in [-0.15, -0.1) is 0 Å². The van der Waals surface area contributed by atoms with Crippen molar-refractivity contribution in [3.63, 3.8) is 0 Å². The monoisotopic (exact) mass is 1080 g/mol. The van der Waals surface area contributed by atoms with Gasteiger partial charge in [0.1, 0.15) is 0 Å². The van der Waals surface area contributed by atoms with Gasteiger partial charge in [-0.2, -0.15) is 0 Å². The van der Waals surface area contributed by atoms with E-state index < -0.39 is 0 Å². The van der Waals surface area contributed by atoms with E-state index in [4.69, 9.17) is 0 Å². The summed E-state index contributed by atoms with van der Waals surface area (Å²) < 4.78 is 0. The minimum absolute atomic E-state index is 0.0130. The third kappa shape index (κ3) is 9.05. The van der Waals surface area contributed by atoms with Gasteiger partial charge in [-0.3, -0.25) is 0 Å². The molecule has 0 atom stereocenters. The zero-order valence-electron chi connectivity index (χ0n) is 50.9.